The van der Waals surface area contributed by atoms with Gasteiger partial charge in [-0.15, -0.1) is 0 Å². The number of nitro groups is 1. The minimum absolute atomic E-state index is 0.187. The van der Waals surface area contributed by atoms with Gasteiger partial charge >= 0.3 is 5.95 Å². The van der Waals surface area contributed by atoms with Crippen molar-refractivity contribution in [2.75, 3.05) is 0 Å². The first-order chi connectivity index (χ1) is 7.22. The van der Waals surface area contributed by atoms with Gasteiger partial charge in [-0.05, 0) is 23.0 Å². The monoisotopic (exact) mass is 205 g/mol. The van der Waals surface area contributed by atoms with Gasteiger partial charge in [-0.25, -0.2) is 4.98 Å². The summed E-state index contributed by atoms with van der Waals surface area (Å²) in [7, 11) is 0. The Hall–Kier alpha value is -1.91. The van der Waals surface area contributed by atoms with Gasteiger partial charge in [0.1, 0.15) is 5.52 Å². The van der Waals surface area contributed by atoms with Gasteiger partial charge in [0.15, 0.2) is 5.52 Å². The van der Waals surface area contributed by atoms with Crippen LogP contribution in [0.15, 0.2) is 18.2 Å². The number of hydrogen-bond acceptors (Lipinski definition) is 3. The molecule has 1 aromatic heterocycles. The summed E-state index contributed by atoms with van der Waals surface area (Å²) in [4.78, 5) is 16.7. The molecule has 0 aliphatic rings. The molecule has 0 bridgehead atoms. The normalized spacial score (nSPS) is 10.7. The van der Waals surface area contributed by atoms with Crippen LogP contribution in [-0.4, -0.2) is 14.9 Å². The number of imidazole rings is 1. The van der Waals surface area contributed by atoms with E-state index in [1.165, 1.54) is 0 Å². The molecule has 0 radical (unpaired) electrons. The molecule has 15 heavy (non-hydrogen) atoms. The molecule has 0 atom stereocenters. The molecule has 2 aromatic rings. The fourth-order valence-corrected chi connectivity index (χ4v) is 1.64. The quantitative estimate of drug-likeness (QED) is 0.617. The predicted molar refractivity (Wildman–Crippen MR) is 56.7 cm³/mol. The van der Waals surface area contributed by atoms with Gasteiger partial charge in [-0.1, -0.05) is 30.5 Å². The third kappa shape index (κ3) is 1.68. The van der Waals surface area contributed by atoms with Crippen LogP contribution in [0.5, 0.6) is 0 Å². The summed E-state index contributed by atoms with van der Waals surface area (Å²) in [5, 5.41) is 10.6. The molecule has 1 heterocycles. The van der Waals surface area contributed by atoms with E-state index in [0.717, 1.165) is 23.9 Å². The zero-order chi connectivity index (χ0) is 10.8. The number of H-pyrrole nitrogens is 1. The van der Waals surface area contributed by atoms with E-state index in [-0.39, 0.29) is 5.95 Å². The summed E-state index contributed by atoms with van der Waals surface area (Å²) in [6, 6.07) is 5.64. The maximum absolute atomic E-state index is 10.6. The summed E-state index contributed by atoms with van der Waals surface area (Å²) in [6.07, 6.45) is 1.89. The fourth-order valence-electron chi connectivity index (χ4n) is 1.64. The van der Waals surface area contributed by atoms with Crippen molar-refractivity contribution < 1.29 is 4.92 Å². The van der Waals surface area contributed by atoms with Crippen molar-refractivity contribution in [1.29, 1.82) is 0 Å². The second-order valence-electron chi connectivity index (χ2n) is 3.38. The summed E-state index contributed by atoms with van der Waals surface area (Å²) in [5.41, 5.74) is 2.50. The van der Waals surface area contributed by atoms with Crippen molar-refractivity contribution in [1.82, 2.24) is 9.97 Å². The molecule has 0 aliphatic carbocycles. The summed E-state index contributed by atoms with van der Waals surface area (Å²) in [6.45, 7) is 2.07. The first-order valence-electron chi connectivity index (χ1n) is 4.84. The van der Waals surface area contributed by atoms with E-state index in [2.05, 4.69) is 16.9 Å². The molecule has 0 saturated carbocycles. The summed E-state index contributed by atoms with van der Waals surface area (Å²) < 4.78 is 0. The van der Waals surface area contributed by atoms with Crippen LogP contribution in [-0.2, 0) is 6.42 Å². The molecule has 0 unspecified atom stereocenters. The lowest BCUT2D eigenvalue weighted by molar-refractivity contribution is -0.393. The number of aryl methyl sites for hydroxylation is 1. The van der Waals surface area contributed by atoms with Gasteiger partial charge in [0, 0.05) is 0 Å². The van der Waals surface area contributed by atoms with Crippen LogP contribution >= 0.6 is 0 Å². The number of fused-ring (bicyclic) bond motifs is 1. The average Bonchev–Trinajstić information content (AvgIpc) is 2.63. The highest BCUT2D eigenvalue weighted by Gasteiger charge is 2.15. The first-order valence-corrected chi connectivity index (χ1v) is 4.84. The summed E-state index contributed by atoms with van der Waals surface area (Å²) in [5.74, 6) is -0.187. The first kappa shape index (κ1) is 9.64. The van der Waals surface area contributed by atoms with Crippen LogP contribution in [0.1, 0.15) is 18.9 Å². The van der Waals surface area contributed by atoms with Gasteiger partial charge < -0.3 is 10.1 Å². The van der Waals surface area contributed by atoms with Crippen LogP contribution in [0.2, 0.25) is 0 Å². The van der Waals surface area contributed by atoms with Crippen molar-refractivity contribution in [3.63, 3.8) is 0 Å². The van der Waals surface area contributed by atoms with Crippen LogP contribution in [0.3, 0.4) is 0 Å². The Morgan fingerprint density at radius 3 is 3.00 bits per heavy atom. The Kier molecular flexibility index (Phi) is 2.37. The van der Waals surface area contributed by atoms with Crippen LogP contribution in [0.4, 0.5) is 5.95 Å². The largest absolute Gasteiger partial charge is 0.433 e. The summed E-state index contributed by atoms with van der Waals surface area (Å²) >= 11 is 0. The predicted octanol–water partition coefficient (Wildman–Crippen LogP) is 2.42. The van der Waals surface area contributed by atoms with Gasteiger partial charge in [-0.3, -0.25) is 0 Å². The van der Waals surface area contributed by atoms with Crippen LogP contribution < -0.4 is 0 Å². The zero-order valence-electron chi connectivity index (χ0n) is 8.36. The van der Waals surface area contributed by atoms with E-state index < -0.39 is 4.92 Å². The molecule has 0 amide bonds. The highest BCUT2D eigenvalue weighted by molar-refractivity contribution is 5.79. The molecule has 5 heteroatoms. The molecule has 1 N–H and O–H groups in total. The Balaban J connectivity index is 2.59. The molecule has 0 fully saturated rings. The van der Waals surface area contributed by atoms with Crippen LogP contribution in [0.25, 0.3) is 11.0 Å². The molecule has 2 rings (SSSR count). The van der Waals surface area contributed by atoms with Gasteiger partial charge in [0.05, 0.1) is 0 Å². The maximum atomic E-state index is 10.6. The van der Waals surface area contributed by atoms with E-state index in [4.69, 9.17) is 0 Å². The topological polar surface area (TPSA) is 71.8 Å². The van der Waals surface area contributed by atoms with Crippen molar-refractivity contribution in [3.8, 4) is 0 Å². The van der Waals surface area contributed by atoms with Crippen molar-refractivity contribution in [2.24, 2.45) is 0 Å². The number of benzene rings is 1. The smallest absolute Gasteiger partial charge is 0.390 e. The lowest BCUT2D eigenvalue weighted by Gasteiger charge is -1.94. The SMILES string of the molecule is CCCc1cccc2[nH]c([N+](=O)[O-])nc12. The highest BCUT2D eigenvalue weighted by Crippen LogP contribution is 2.20. The number of aromatic amines is 1. The van der Waals surface area contributed by atoms with E-state index >= 15 is 0 Å². The number of para-hydroxylation sites is 1. The van der Waals surface area contributed by atoms with Crippen LogP contribution in [0, 0.1) is 10.1 Å². The molecule has 78 valence electrons. The standard InChI is InChI=1S/C10H11N3O2/c1-2-4-7-5-3-6-8-9(7)12-10(11-8)13(14)15/h3,5-6H,2,4H2,1H3,(H,11,12). The average molecular weight is 205 g/mol. The van der Waals surface area contributed by atoms with E-state index in [1.807, 2.05) is 12.1 Å². The Bertz CT molecular complexity index is 504. The Morgan fingerprint density at radius 2 is 2.33 bits per heavy atom. The number of nitrogens with zero attached hydrogens (tertiary/aromatic N) is 2. The molecule has 0 saturated heterocycles. The Labute approximate surface area is 86.3 Å². The van der Waals surface area contributed by atoms with Gasteiger partial charge in [0.2, 0.25) is 0 Å². The lowest BCUT2D eigenvalue weighted by atomic mass is 10.1. The van der Waals surface area contributed by atoms with E-state index in [1.54, 1.807) is 6.07 Å². The second-order valence-corrected chi connectivity index (χ2v) is 3.38. The zero-order valence-corrected chi connectivity index (χ0v) is 8.36. The van der Waals surface area contributed by atoms with E-state index in [0.29, 0.717) is 5.52 Å². The molecule has 5 nitrogen and oxygen atoms in total. The molecule has 0 aliphatic heterocycles. The molecule has 0 spiro atoms. The third-order valence-electron chi connectivity index (χ3n) is 2.28. The lowest BCUT2D eigenvalue weighted by Crippen LogP contribution is -1.89. The Morgan fingerprint density at radius 1 is 1.53 bits per heavy atom. The number of hydrogen-bond donors (Lipinski definition) is 1. The number of rotatable bonds is 3. The van der Waals surface area contributed by atoms with Gasteiger partial charge in [0.25, 0.3) is 0 Å². The fraction of sp³-hybridized carbons (Fsp3) is 0.300. The molecular weight excluding hydrogens is 194 g/mol. The second kappa shape index (κ2) is 3.68. The molecular formula is C10H11N3O2. The number of nitrogens with one attached hydrogen (secondary N) is 1. The van der Waals surface area contributed by atoms with Crippen molar-refractivity contribution in [2.45, 2.75) is 19.8 Å². The minimum Gasteiger partial charge on any atom is -0.390 e. The van der Waals surface area contributed by atoms with E-state index in [9.17, 15) is 10.1 Å². The number of aromatic nitrogens is 2. The minimum atomic E-state index is -0.504. The molecule has 1 aromatic carbocycles. The highest BCUT2D eigenvalue weighted by atomic mass is 16.6. The van der Waals surface area contributed by atoms with Crippen molar-refractivity contribution >= 4 is 17.0 Å². The third-order valence-corrected chi connectivity index (χ3v) is 2.28. The van der Waals surface area contributed by atoms with Gasteiger partial charge in [-0.2, -0.15) is 0 Å². The van der Waals surface area contributed by atoms with Crippen molar-refractivity contribution in [3.05, 3.63) is 33.9 Å². The maximum Gasteiger partial charge on any atom is 0.433 e.